The summed E-state index contributed by atoms with van der Waals surface area (Å²) in [6.07, 6.45) is 6.73. The maximum absolute atomic E-state index is 4.53. The summed E-state index contributed by atoms with van der Waals surface area (Å²) < 4.78 is 0. The van der Waals surface area contributed by atoms with Gasteiger partial charge in [0, 0.05) is 4.88 Å². The lowest BCUT2D eigenvalue weighted by atomic mass is 9.81. The van der Waals surface area contributed by atoms with E-state index < -0.39 is 0 Å². The lowest BCUT2D eigenvalue weighted by molar-refractivity contribution is 0.314. The van der Waals surface area contributed by atoms with E-state index in [1.165, 1.54) is 31.4 Å². The van der Waals surface area contributed by atoms with E-state index in [9.17, 15) is 0 Å². The average molecular weight is 223 g/mol. The molecule has 0 unspecified atom stereocenters. The molecule has 1 aromatic rings. The Bertz CT molecular complexity index is 318. The highest BCUT2D eigenvalue weighted by Crippen LogP contribution is 2.33. The molecule has 2 rings (SSSR count). The van der Waals surface area contributed by atoms with Crippen molar-refractivity contribution in [3.8, 4) is 0 Å². The Morgan fingerprint density at radius 2 is 2.13 bits per heavy atom. The fraction of sp³-hybridized carbons (Fsp3) is 0.769. The molecule has 84 valence electrons. The van der Waals surface area contributed by atoms with E-state index in [1.807, 2.05) is 16.8 Å². The van der Waals surface area contributed by atoms with E-state index >= 15 is 0 Å². The highest BCUT2D eigenvalue weighted by Gasteiger charge is 2.22. The molecule has 1 aliphatic carbocycles. The van der Waals surface area contributed by atoms with Crippen molar-refractivity contribution < 1.29 is 0 Å². The Hall–Kier alpha value is -0.370. The molecule has 0 saturated heterocycles. The maximum atomic E-state index is 4.53. The van der Waals surface area contributed by atoms with Crippen LogP contribution in [0.5, 0.6) is 0 Å². The van der Waals surface area contributed by atoms with Gasteiger partial charge in [-0.25, -0.2) is 4.98 Å². The number of rotatable bonds is 3. The first-order valence-corrected chi connectivity index (χ1v) is 6.84. The first-order valence-electron chi connectivity index (χ1n) is 5.96. The quantitative estimate of drug-likeness (QED) is 0.752. The lowest BCUT2D eigenvalue weighted by Gasteiger charge is -2.25. The van der Waals surface area contributed by atoms with Crippen LogP contribution in [-0.2, 0) is 12.8 Å². The molecule has 2 heteroatoms. The van der Waals surface area contributed by atoms with Crippen molar-refractivity contribution in [2.24, 2.45) is 11.3 Å². The number of hydrogen-bond donors (Lipinski definition) is 0. The SMILES string of the molecule is CC(C)(C)Cc1ncsc1CC1CCC1. The molecule has 0 aliphatic heterocycles. The van der Waals surface area contributed by atoms with Crippen molar-refractivity contribution in [2.45, 2.75) is 52.9 Å². The van der Waals surface area contributed by atoms with Crippen LogP contribution in [0, 0.1) is 11.3 Å². The predicted octanol–water partition coefficient (Wildman–Crippen LogP) is 4.07. The normalized spacial score (nSPS) is 17.8. The molecule has 0 spiro atoms. The Balaban J connectivity index is 2.01. The zero-order valence-corrected chi connectivity index (χ0v) is 10.9. The van der Waals surface area contributed by atoms with Crippen LogP contribution >= 0.6 is 11.3 Å². The van der Waals surface area contributed by atoms with Gasteiger partial charge in [-0.1, -0.05) is 40.0 Å². The van der Waals surface area contributed by atoms with Gasteiger partial charge in [-0.3, -0.25) is 0 Å². The van der Waals surface area contributed by atoms with Gasteiger partial charge in [0.2, 0.25) is 0 Å². The second kappa shape index (κ2) is 4.25. The van der Waals surface area contributed by atoms with Gasteiger partial charge in [-0.2, -0.15) is 0 Å². The van der Waals surface area contributed by atoms with Gasteiger partial charge in [-0.05, 0) is 24.2 Å². The molecular weight excluding hydrogens is 202 g/mol. The monoisotopic (exact) mass is 223 g/mol. The molecule has 0 bridgehead atoms. The van der Waals surface area contributed by atoms with Crippen LogP contribution in [0.25, 0.3) is 0 Å². The van der Waals surface area contributed by atoms with Gasteiger partial charge < -0.3 is 0 Å². The topological polar surface area (TPSA) is 12.9 Å². The van der Waals surface area contributed by atoms with Crippen LogP contribution in [0.15, 0.2) is 5.51 Å². The Kier molecular flexibility index (Phi) is 3.15. The fourth-order valence-electron chi connectivity index (χ4n) is 2.07. The van der Waals surface area contributed by atoms with E-state index in [1.54, 1.807) is 4.88 Å². The van der Waals surface area contributed by atoms with Crippen molar-refractivity contribution in [3.05, 3.63) is 16.1 Å². The third-order valence-electron chi connectivity index (χ3n) is 3.12. The smallest absolute Gasteiger partial charge is 0.0797 e. The summed E-state index contributed by atoms with van der Waals surface area (Å²) in [6.45, 7) is 6.87. The molecule has 0 amide bonds. The summed E-state index contributed by atoms with van der Waals surface area (Å²) >= 11 is 1.86. The summed E-state index contributed by atoms with van der Waals surface area (Å²) in [5.74, 6) is 0.962. The van der Waals surface area contributed by atoms with Crippen LogP contribution in [0.3, 0.4) is 0 Å². The van der Waals surface area contributed by atoms with Gasteiger partial charge in [0.05, 0.1) is 11.2 Å². The highest BCUT2D eigenvalue weighted by molar-refractivity contribution is 7.09. The molecular formula is C13H21NS. The van der Waals surface area contributed by atoms with E-state index in [4.69, 9.17) is 0 Å². The molecule has 0 aromatic carbocycles. The average Bonchev–Trinajstić information content (AvgIpc) is 2.42. The van der Waals surface area contributed by atoms with Gasteiger partial charge in [0.1, 0.15) is 0 Å². The standard InChI is InChI=1S/C13H21NS/c1-13(2,3)8-11-12(15-9-14-11)7-10-5-4-6-10/h9-10H,4-8H2,1-3H3. The van der Waals surface area contributed by atoms with Crippen LogP contribution in [0.1, 0.15) is 50.6 Å². The van der Waals surface area contributed by atoms with E-state index in [2.05, 4.69) is 25.8 Å². The molecule has 1 saturated carbocycles. The van der Waals surface area contributed by atoms with Gasteiger partial charge in [0.25, 0.3) is 0 Å². The van der Waals surface area contributed by atoms with Gasteiger partial charge >= 0.3 is 0 Å². The maximum Gasteiger partial charge on any atom is 0.0797 e. The minimum absolute atomic E-state index is 0.364. The van der Waals surface area contributed by atoms with E-state index in [0.29, 0.717) is 5.41 Å². The largest absolute Gasteiger partial charge is 0.249 e. The predicted molar refractivity (Wildman–Crippen MR) is 66.3 cm³/mol. The van der Waals surface area contributed by atoms with Crippen molar-refractivity contribution >= 4 is 11.3 Å². The van der Waals surface area contributed by atoms with Crippen molar-refractivity contribution in [2.75, 3.05) is 0 Å². The number of hydrogen-bond acceptors (Lipinski definition) is 2. The van der Waals surface area contributed by atoms with Crippen molar-refractivity contribution in [1.29, 1.82) is 0 Å². The van der Waals surface area contributed by atoms with Crippen molar-refractivity contribution in [3.63, 3.8) is 0 Å². The lowest BCUT2D eigenvalue weighted by Crippen LogP contribution is -2.16. The summed E-state index contributed by atoms with van der Waals surface area (Å²) in [6, 6.07) is 0. The zero-order chi connectivity index (χ0) is 10.9. The zero-order valence-electron chi connectivity index (χ0n) is 10.0. The Labute approximate surface area is 96.9 Å². The van der Waals surface area contributed by atoms with Crippen LogP contribution < -0.4 is 0 Å². The summed E-state index contributed by atoms with van der Waals surface area (Å²) in [7, 11) is 0. The molecule has 0 N–H and O–H groups in total. The first-order chi connectivity index (χ1) is 7.04. The fourth-order valence-corrected chi connectivity index (χ4v) is 2.97. The summed E-state index contributed by atoms with van der Waals surface area (Å²) in [5.41, 5.74) is 3.75. The highest BCUT2D eigenvalue weighted by atomic mass is 32.1. The second-order valence-electron chi connectivity index (χ2n) is 5.96. The molecule has 1 aliphatic rings. The number of nitrogens with zero attached hydrogens (tertiary/aromatic N) is 1. The third-order valence-corrected chi connectivity index (χ3v) is 4.02. The van der Waals surface area contributed by atoms with Crippen molar-refractivity contribution in [1.82, 2.24) is 4.98 Å². The molecule has 1 aromatic heterocycles. The molecule has 1 nitrogen and oxygen atoms in total. The Morgan fingerprint density at radius 3 is 2.67 bits per heavy atom. The molecule has 0 atom stereocenters. The minimum atomic E-state index is 0.364. The van der Waals surface area contributed by atoms with E-state index in [-0.39, 0.29) is 0 Å². The van der Waals surface area contributed by atoms with Gasteiger partial charge in [-0.15, -0.1) is 11.3 Å². The summed E-state index contributed by atoms with van der Waals surface area (Å²) in [5, 5.41) is 0. The molecule has 0 radical (unpaired) electrons. The van der Waals surface area contributed by atoms with E-state index in [0.717, 1.165) is 12.3 Å². The molecule has 1 fully saturated rings. The molecule has 15 heavy (non-hydrogen) atoms. The number of thiazole rings is 1. The third kappa shape index (κ3) is 3.04. The van der Waals surface area contributed by atoms with Crippen LogP contribution in [0.4, 0.5) is 0 Å². The minimum Gasteiger partial charge on any atom is -0.249 e. The second-order valence-corrected chi connectivity index (χ2v) is 6.90. The first kappa shape index (κ1) is 11.1. The van der Waals surface area contributed by atoms with Gasteiger partial charge in [0.15, 0.2) is 0 Å². The number of aromatic nitrogens is 1. The summed E-state index contributed by atoms with van der Waals surface area (Å²) in [4.78, 5) is 6.08. The Morgan fingerprint density at radius 1 is 1.40 bits per heavy atom. The van der Waals surface area contributed by atoms with Crippen LogP contribution in [-0.4, -0.2) is 4.98 Å². The van der Waals surface area contributed by atoms with Crippen LogP contribution in [0.2, 0.25) is 0 Å². The molecule has 1 heterocycles.